The van der Waals surface area contributed by atoms with Crippen molar-refractivity contribution in [1.29, 1.82) is 0 Å². The molecular formula is C30H35ClFNO3. The van der Waals surface area contributed by atoms with E-state index in [-0.39, 0.29) is 35.9 Å². The Bertz CT molecular complexity index is 1200. The molecule has 0 aliphatic heterocycles. The molecule has 3 aromatic carbocycles. The second-order valence-corrected chi connectivity index (χ2v) is 9.65. The van der Waals surface area contributed by atoms with E-state index in [1.165, 1.54) is 24.3 Å². The summed E-state index contributed by atoms with van der Waals surface area (Å²) in [5.41, 5.74) is 5.95. The predicted octanol–water partition coefficient (Wildman–Crippen LogP) is 7.09. The van der Waals surface area contributed by atoms with Gasteiger partial charge in [-0.2, -0.15) is 0 Å². The van der Waals surface area contributed by atoms with Gasteiger partial charge in [-0.3, -0.25) is 0 Å². The topological polar surface area (TPSA) is 58.6 Å². The number of carbonyl (C=O) groups is 1. The van der Waals surface area contributed by atoms with Gasteiger partial charge in [-0.1, -0.05) is 42.5 Å². The Morgan fingerprint density at radius 3 is 2.69 bits per heavy atom. The summed E-state index contributed by atoms with van der Waals surface area (Å²) in [5.74, 6) is -0.205. The van der Waals surface area contributed by atoms with Crippen molar-refractivity contribution in [3.63, 3.8) is 0 Å². The number of benzene rings is 3. The van der Waals surface area contributed by atoms with E-state index in [0.717, 1.165) is 48.9 Å². The first kappa shape index (κ1) is 27.7. The van der Waals surface area contributed by atoms with E-state index in [1.807, 2.05) is 19.1 Å². The highest BCUT2D eigenvalue weighted by molar-refractivity contribution is 5.89. The summed E-state index contributed by atoms with van der Waals surface area (Å²) in [5, 5.41) is 13.2. The smallest absolute Gasteiger partial charge is 0.335 e. The lowest BCUT2D eigenvalue weighted by atomic mass is 9.72. The number of aromatic carboxylic acids is 1. The summed E-state index contributed by atoms with van der Waals surface area (Å²) in [6.45, 7) is 4.80. The molecule has 1 aliphatic rings. The van der Waals surface area contributed by atoms with Crippen LogP contribution in [-0.4, -0.2) is 24.7 Å². The zero-order valence-electron chi connectivity index (χ0n) is 21.1. The number of halogens is 2. The minimum atomic E-state index is -0.871. The maximum absolute atomic E-state index is 13.7. The van der Waals surface area contributed by atoms with Gasteiger partial charge in [-0.05, 0) is 98.0 Å². The molecule has 2 N–H and O–H groups in total. The zero-order valence-corrected chi connectivity index (χ0v) is 21.9. The minimum Gasteiger partial charge on any atom is -0.494 e. The molecule has 0 saturated carbocycles. The highest BCUT2D eigenvalue weighted by atomic mass is 35.5. The lowest BCUT2D eigenvalue weighted by Gasteiger charge is -2.32. The van der Waals surface area contributed by atoms with Gasteiger partial charge in [0.1, 0.15) is 0 Å². The second kappa shape index (κ2) is 12.4. The maximum atomic E-state index is 13.7. The van der Waals surface area contributed by atoms with Gasteiger partial charge in [-0.25, -0.2) is 9.18 Å². The standard InChI is InChI=1S/C30H34FNO3.ClH/c1-19-10-11-24(17-26(19)30(33)34)27-16-21(15-23-8-4-5-9-25(23)27)7-6-14-32-20(2)22-12-13-28(31)29(18-22)35-3;/h4-5,8-13,17-18,20-21,27,32H,6-7,14-16H2,1-3H3,(H,33,34);1H/t20-,21-,27?;/m1./s1. The minimum absolute atomic E-state index is 0. The first-order valence-corrected chi connectivity index (χ1v) is 12.4. The van der Waals surface area contributed by atoms with E-state index in [1.54, 1.807) is 12.1 Å². The molecular weight excluding hydrogens is 477 g/mol. The van der Waals surface area contributed by atoms with Crippen molar-refractivity contribution in [3.8, 4) is 5.75 Å². The third-order valence-electron chi connectivity index (χ3n) is 7.32. The molecule has 1 aliphatic carbocycles. The van der Waals surface area contributed by atoms with Gasteiger partial charge in [0.05, 0.1) is 12.7 Å². The molecule has 0 radical (unpaired) electrons. The number of ether oxygens (including phenoxy) is 1. The molecule has 0 spiro atoms. The molecule has 4 nitrogen and oxygen atoms in total. The van der Waals surface area contributed by atoms with Crippen molar-refractivity contribution < 1.29 is 19.0 Å². The zero-order chi connectivity index (χ0) is 24.9. The van der Waals surface area contributed by atoms with Gasteiger partial charge >= 0.3 is 5.97 Å². The molecule has 36 heavy (non-hydrogen) atoms. The van der Waals surface area contributed by atoms with Gasteiger partial charge in [-0.15, -0.1) is 12.4 Å². The highest BCUT2D eigenvalue weighted by Crippen LogP contribution is 2.41. The van der Waals surface area contributed by atoms with Crippen molar-refractivity contribution >= 4 is 18.4 Å². The Balaban J connectivity index is 0.00000361. The maximum Gasteiger partial charge on any atom is 0.335 e. The highest BCUT2D eigenvalue weighted by Gasteiger charge is 2.28. The summed E-state index contributed by atoms with van der Waals surface area (Å²) >= 11 is 0. The van der Waals surface area contributed by atoms with Crippen molar-refractivity contribution in [2.45, 2.75) is 51.5 Å². The van der Waals surface area contributed by atoms with Crippen LogP contribution in [0.3, 0.4) is 0 Å². The number of carboxylic acid groups (broad SMARTS) is 1. The van der Waals surface area contributed by atoms with Crippen molar-refractivity contribution in [3.05, 3.63) is 99.9 Å². The van der Waals surface area contributed by atoms with Crippen molar-refractivity contribution in [2.24, 2.45) is 5.92 Å². The van der Waals surface area contributed by atoms with Gasteiger partial charge in [0.25, 0.3) is 0 Å². The molecule has 0 heterocycles. The van der Waals surface area contributed by atoms with Gasteiger partial charge in [0.15, 0.2) is 11.6 Å². The van der Waals surface area contributed by atoms with E-state index < -0.39 is 5.97 Å². The van der Waals surface area contributed by atoms with Crippen LogP contribution in [0.15, 0.2) is 60.7 Å². The number of hydrogen-bond donors (Lipinski definition) is 2. The molecule has 3 atom stereocenters. The van der Waals surface area contributed by atoms with E-state index in [9.17, 15) is 14.3 Å². The third kappa shape index (κ3) is 6.26. The fourth-order valence-corrected chi connectivity index (χ4v) is 5.31. The summed E-state index contributed by atoms with van der Waals surface area (Å²) in [4.78, 5) is 11.7. The predicted molar refractivity (Wildman–Crippen MR) is 144 cm³/mol. The Hall–Kier alpha value is -2.89. The van der Waals surface area contributed by atoms with Crippen LogP contribution in [0, 0.1) is 18.7 Å². The van der Waals surface area contributed by atoms with Gasteiger partial charge < -0.3 is 15.2 Å². The van der Waals surface area contributed by atoms with E-state index >= 15 is 0 Å². The van der Waals surface area contributed by atoms with Crippen LogP contribution in [0.1, 0.15) is 76.3 Å². The molecule has 6 heteroatoms. The molecule has 1 unspecified atom stereocenters. The summed E-state index contributed by atoms with van der Waals surface area (Å²) in [6.07, 6.45) is 4.20. The Morgan fingerprint density at radius 2 is 1.94 bits per heavy atom. The van der Waals surface area contributed by atoms with Crippen LogP contribution < -0.4 is 10.1 Å². The molecule has 0 aromatic heterocycles. The Morgan fingerprint density at radius 1 is 1.17 bits per heavy atom. The molecule has 0 fully saturated rings. The van der Waals surface area contributed by atoms with Gasteiger partial charge in [0, 0.05) is 12.0 Å². The van der Waals surface area contributed by atoms with E-state index in [2.05, 4.69) is 42.6 Å². The largest absolute Gasteiger partial charge is 0.494 e. The van der Waals surface area contributed by atoms with E-state index in [0.29, 0.717) is 11.5 Å². The second-order valence-electron chi connectivity index (χ2n) is 9.65. The third-order valence-corrected chi connectivity index (χ3v) is 7.32. The monoisotopic (exact) mass is 511 g/mol. The summed E-state index contributed by atoms with van der Waals surface area (Å²) in [7, 11) is 1.48. The summed E-state index contributed by atoms with van der Waals surface area (Å²) < 4.78 is 18.8. The number of nitrogens with one attached hydrogen (secondary N) is 1. The number of aryl methyl sites for hydroxylation is 1. The van der Waals surface area contributed by atoms with Crippen LogP contribution in [0.4, 0.5) is 4.39 Å². The molecule has 0 saturated heterocycles. The summed E-state index contributed by atoms with van der Waals surface area (Å²) in [6, 6.07) is 19.6. The molecule has 192 valence electrons. The number of methoxy groups -OCH3 is 1. The lowest BCUT2D eigenvalue weighted by Crippen LogP contribution is -2.23. The van der Waals surface area contributed by atoms with Gasteiger partial charge in [0.2, 0.25) is 0 Å². The SMILES string of the molecule is COc1cc([C@@H](C)NCCC[C@@H]2Cc3ccccc3C(c3ccc(C)c(C(=O)O)c3)C2)ccc1F.Cl. The van der Waals surface area contributed by atoms with Crippen LogP contribution in [0.5, 0.6) is 5.75 Å². The lowest BCUT2D eigenvalue weighted by molar-refractivity contribution is 0.0696. The normalized spacial score (nSPS) is 17.6. The fraction of sp³-hybridized carbons (Fsp3) is 0.367. The van der Waals surface area contributed by atoms with Crippen LogP contribution in [-0.2, 0) is 6.42 Å². The number of carboxylic acids is 1. The Labute approximate surface area is 219 Å². The van der Waals surface area contributed by atoms with Crippen LogP contribution >= 0.6 is 12.4 Å². The number of rotatable bonds is 9. The van der Waals surface area contributed by atoms with Crippen LogP contribution in [0.2, 0.25) is 0 Å². The quantitative estimate of drug-likeness (QED) is 0.301. The number of fused-ring (bicyclic) bond motifs is 1. The molecule has 3 aromatic rings. The average molecular weight is 512 g/mol. The molecule has 0 amide bonds. The van der Waals surface area contributed by atoms with Crippen LogP contribution in [0.25, 0.3) is 0 Å². The first-order chi connectivity index (χ1) is 16.9. The fourth-order valence-electron chi connectivity index (χ4n) is 5.31. The van der Waals surface area contributed by atoms with Crippen molar-refractivity contribution in [1.82, 2.24) is 5.32 Å². The van der Waals surface area contributed by atoms with Crippen molar-refractivity contribution in [2.75, 3.05) is 13.7 Å². The Kier molecular flexibility index (Phi) is 9.52. The first-order valence-electron chi connectivity index (χ1n) is 12.4. The molecule has 4 rings (SSSR count). The number of hydrogen-bond acceptors (Lipinski definition) is 3. The molecule has 0 bridgehead atoms. The average Bonchev–Trinajstić information content (AvgIpc) is 2.86. The van der Waals surface area contributed by atoms with E-state index in [4.69, 9.17) is 4.74 Å².